The van der Waals surface area contributed by atoms with Crippen LogP contribution in [0, 0.1) is 0 Å². The standard InChI is InChI=1S/C16H19ClN2O5S/c1-2-7-18-15(20)11-24-16(21)12-5-6-13(17)14(10-12)25(22,23)19-8-3-4-9-19/h2,5-6,10H,1,3-4,7-9,11H2,(H,18,20). The van der Waals surface area contributed by atoms with Crippen LogP contribution in [-0.4, -0.2) is 50.8 Å². The summed E-state index contributed by atoms with van der Waals surface area (Å²) in [5.41, 5.74) is 0.0127. The summed E-state index contributed by atoms with van der Waals surface area (Å²) < 4.78 is 31.5. The molecule has 25 heavy (non-hydrogen) atoms. The van der Waals surface area contributed by atoms with Gasteiger partial charge >= 0.3 is 5.97 Å². The summed E-state index contributed by atoms with van der Waals surface area (Å²) in [5, 5.41) is 2.50. The second-order valence-corrected chi connectivity index (χ2v) is 7.74. The van der Waals surface area contributed by atoms with E-state index in [0.29, 0.717) is 13.1 Å². The van der Waals surface area contributed by atoms with E-state index >= 15 is 0 Å². The Morgan fingerprint density at radius 2 is 2.00 bits per heavy atom. The summed E-state index contributed by atoms with van der Waals surface area (Å²) in [5.74, 6) is -1.28. The van der Waals surface area contributed by atoms with Crippen LogP contribution in [0.3, 0.4) is 0 Å². The monoisotopic (exact) mass is 386 g/mol. The number of carbonyl (C=O) groups is 2. The third-order valence-corrected chi connectivity index (χ3v) is 6.01. The van der Waals surface area contributed by atoms with Gasteiger partial charge in [-0.15, -0.1) is 6.58 Å². The van der Waals surface area contributed by atoms with Gasteiger partial charge in [-0.25, -0.2) is 13.2 Å². The van der Waals surface area contributed by atoms with Crippen molar-refractivity contribution in [2.45, 2.75) is 17.7 Å². The normalized spacial score (nSPS) is 14.9. The van der Waals surface area contributed by atoms with Gasteiger partial charge in [0.05, 0.1) is 10.6 Å². The average molecular weight is 387 g/mol. The van der Waals surface area contributed by atoms with Crippen molar-refractivity contribution < 1.29 is 22.7 Å². The Morgan fingerprint density at radius 3 is 2.64 bits per heavy atom. The van der Waals surface area contributed by atoms with E-state index in [2.05, 4.69) is 11.9 Å². The third kappa shape index (κ3) is 4.81. The highest BCUT2D eigenvalue weighted by Crippen LogP contribution is 2.28. The smallest absolute Gasteiger partial charge is 0.338 e. The van der Waals surface area contributed by atoms with Gasteiger partial charge in [0.1, 0.15) is 4.90 Å². The highest BCUT2D eigenvalue weighted by Gasteiger charge is 2.30. The fraction of sp³-hybridized carbons (Fsp3) is 0.375. The zero-order valence-corrected chi connectivity index (χ0v) is 15.1. The zero-order chi connectivity index (χ0) is 18.4. The minimum Gasteiger partial charge on any atom is -0.452 e. The Balaban J connectivity index is 2.14. The molecule has 1 aliphatic heterocycles. The Kier molecular flexibility index (Phi) is 6.57. The fourth-order valence-corrected chi connectivity index (χ4v) is 4.36. The topological polar surface area (TPSA) is 92.8 Å². The molecule has 0 atom stereocenters. The minimum atomic E-state index is -3.77. The van der Waals surface area contributed by atoms with Crippen LogP contribution in [0.5, 0.6) is 0 Å². The summed E-state index contributed by atoms with van der Waals surface area (Å²) in [4.78, 5) is 23.4. The number of benzene rings is 1. The van der Waals surface area contributed by atoms with Gasteiger partial charge in [0, 0.05) is 19.6 Å². The first kappa shape index (κ1) is 19.4. The molecule has 1 aromatic carbocycles. The summed E-state index contributed by atoms with van der Waals surface area (Å²) in [6.07, 6.45) is 3.07. The molecule has 0 unspecified atom stereocenters. The molecule has 1 N–H and O–H groups in total. The molecule has 1 heterocycles. The van der Waals surface area contributed by atoms with Crippen LogP contribution in [0.15, 0.2) is 35.7 Å². The summed E-state index contributed by atoms with van der Waals surface area (Å²) in [7, 11) is -3.77. The van der Waals surface area contributed by atoms with E-state index in [4.69, 9.17) is 16.3 Å². The number of nitrogens with zero attached hydrogens (tertiary/aromatic N) is 1. The molecule has 1 fully saturated rings. The molecule has 0 radical (unpaired) electrons. The molecule has 0 aliphatic carbocycles. The van der Waals surface area contributed by atoms with E-state index in [1.54, 1.807) is 0 Å². The molecule has 7 nitrogen and oxygen atoms in total. The van der Waals surface area contributed by atoms with E-state index in [-0.39, 0.29) is 22.0 Å². The number of hydrogen-bond donors (Lipinski definition) is 1. The molecule has 0 aromatic heterocycles. The van der Waals surface area contributed by atoms with Gasteiger partial charge in [-0.2, -0.15) is 4.31 Å². The molecule has 0 bridgehead atoms. The number of nitrogens with one attached hydrogen (secondary N) is 1. The van der Waals surface area contributed by atoms with Crippen LogP contribution in [0.25, 0.3) is 0 Å². The van der Waals surface area contributed by atoms with Crippen LogP contribution in [-0.2, 0) is 19.6 Å². The zero-order valence-electron chi connectivity index (χ0n) is 13.5. The van der Waals surface area contributed by atoms with E-state index in [1.165, 1.54) is 28.6 Å². The van der Waals surface area contributed by atoms with Crippen molar-refractivity contribution in [3.63, 3.8) is 0 Å². The predicted molar refractivity (Wildman–Crippen MR) is 92.9 cm³/mol. The number of carbonyl (C=O) groups excluding carboxylic acids is 2. The van der Waals surface area contributed by atoms with Crippen LogP contribution < -0.4 is 5.32 Å². The number of hydrogen-bond acceptors (Lipinski definition) is 5. The number of amides is 1. The van der Waals surface area contributed by atoms with E-state index in [0.717, 1.165) is 12.8 Å². The molecule has 1 aromatic rings. The second kappa shape index (κ2) is 8.46. The molecule has 0 saturated carbocycles. The Bertz CT molecular complexity index is 773. The molecule has 2 rings (SSSR count). The summed E-state index contributed by atoms with van der Waals surface area (Å²) in [6, 6.07) is 3.87. The van der Waals surface area contributed by atoms with Gasteiger partial charge in [0.25, 0.3) is 5.91 Å². The van der Waals surface area contributed by atoms with Crippen LogP contribution in [0.1, 0.15) is 23.2 Å². The molecule has 1 aliphatic rings. The third-order valence-electron chi connectivity index (χ3n) is 3.63. The van der Waals surface area contributed by atoms with Crippen LogP contribution in [0.2, 0.25) is 5.02 Å². The number of ether oxygens (including phenoxy) is 1. The van der Waals surface area contributed by atoms with Crippen molar-refractivity contribution in [3.8, 4) is 0 Å². The van der Waals surface area contributed by atoms with Crippen molar-refractivity contribution in [1.29, 1.82) is 0 Å². The quantitative estimate of drug-likeness (QED) is 0.567. The van der Waals surface area contributed by atoms with E-state index in [1.807, 2.05) is 0 Å². The predicted octanol–water partition coefficient (Wildman–Crippen LogP) is 1.58. The highest BCUT2D eigenvalue weighted by atomic mass is 35.5. The number of halogens is 1. The van der Waals surface area contributed by atoms with Crippen molar-refractivity contribution in [1.82, 2.24) is 9.62 Å². The van der Waals surface area contributed by atoms with Gasteiger partial charge in [-0.3, -0.25) is 4.79 Å². The lowest BCUT2D eigenvalue weighted by Gasteiger charge is -2.17. The number of rotatable bonds is 7. The summed E-state index contributed by atoms with van der Waals surface area (Å²) >= 11 is 6.02. The van der Waals surface area contributed by atoms with Gasteiger partial charge in [-0.1, -0.05) is 17.7 Å². The van der Waals surface area contributed by atoms with Crippen molar-refractivity contribution in [2.75, 3.05) is 26.2 Å². The first-order valence-corrected chi connectivity index (χ1v) is 9.52. The molecule has 9 heteroatoms. The van der Waals surface area contributed by atoms with Gasteiger partial charge in [0.2, 0.25) is 10.0 Å². The summed E-state index contributed by atoms with van der Waals surface area (Å²) in [6.45, 7) is 4.10. The Morgan fingerprint density at radius 1 is 1.32 bits per heavy atom. The maximum Gasteiger partial charge on any atom is 0.338 e. The molecule has 1 amide bonds. The molecule has 1 saturated heterocycles. The number of esters is 1. The Labute approximate surface area is 151 Å². The van der Waals surface area contributed by atoms with E-state index in [9.17, 15) is 18.0 Å². The largest absolute Gasteiger partial charge is 0.452 e. The van der Waals surface area contributed by atoms with Gasteiger partial charge < -0.3 is 10.1 Å². The lowest BCUT2D eigenvalue weighted by atomic mass is 10.2. The molecule has 0 spiro atoms. The molecular formula is C16H19ClN2O5S. The lowest BCUT2D eigenvalue weighted by molar-refractivity contribution is -0.124. The lowest BCUT2D eigenvalue weighted by Crippen LogP contribution is -2.29. The minimum absolute atomic E-state index is 0.0127. The maximum absolute atomic E-state index is 12.6. The molecular weight excluding hydrogens is 368 g/mol. The van der Waals surface area contributed by atoms with Gasteiger partial charge in [-0.05, 0) is 31.0 Å². The maximum atomic E-state index is 12.6. The van der Waals surface area contributed by atoms with Crippen molar-refractivity contribution in [3.05, 3.63) is 41.4 Å². The SMILES string of the molecule is C=CCNC(=O)COC(=O)c1ccc(Cl)c(S(=O)(=O)N2CCCC2)c1. The van der Waals surface area contributed by atoms with E-state index < -0.39 is 28.5 Å². The fourth-order valence-electron chi connectivity index (χ4n) is 2.35. The van der Waals surface area contributed by atoms with Crippen LogP contribution >= 0.6 is 11.6 Å². The van der Waals surface area contributed by atoms with Gasteiger partial charge in [0.15, 0.2) is 6.61 Å². The van der Waals surface area contributed by atoms with Crippen molar-refractivity contribution >= 4 is 33.5 Å². The molecule has 136 valence electrons. The Hall–Kier alpha value is -1.90. The highest BCUT2D eigenvalue weighted by molar-refractivity contribution is 7.89. The average Bonchev–Trinajstić information content (AvgIpc) is 3.13. The van der Waals surface area contributed by atoms with Crippen molar-refractivity contribution in [2.24, 2.45) is 0 Å². The second-order valence-electron chi connectivity index (χ2n) is 5.43. The first-order chi connectivity index (χ1) is 11.9. The number of sulfonamides is 1. The first-order valence-electron chi connectivity index (χ1n) is 7.70. The van der Waals surface area contributed by atoms with Crippen LogP contribution in [0.4, 0.5) is 0 Å².